The van der Waals surface area contributed by atoms with Gasteiger partial charge in [-0.15, -0.1) is 12.4 Å². The normalized spacial score (nSPS) is 17.2. The maximum absolute atomic E-state index is 13.1. The van der Waals surface area contributed by atoms with E-state index in [-0.39, 0.29) is 30.2 Å². The molecule has 1 saturated heterocycles. The van der Waals surface area contributed by atoms with Crippen LogP contribution in [0.4, 0.5) is 0 Å². The molecule has 2 aromatic rings. The summed E-state index contributed by atoms with van der Waals surface area (Å²) in [7, 11) is 0. The minimum Gasteiger partial charge on any atom is -0.294 e. The topological polar surface area (TPSA) is 37.6 Å². The summed E-state index contributed by atoms with van der Waals surface area (Å²) in [5, 5.41) is 4.64. The lowest BCUT2D eigenvalue weighted by molar-refractivity contribution is 0.0809. The van der Waals surface area contributed by atoms with Crippen molar-refractivity contribution < 1.29 is 4.79 Å². The van der Waals surface area contributed by atoms with Crippen LogP contribution in [0.3, 0.4) is 0 Å². The molecule has 1 unspecified atom stereocenters. The summed E-state index contributed by atoms with van der Waals surface area (Å²) in [6.07, 6.45) is 5.60. The lowest BCUT2D eigenvalue weighted by Gasteiger charge is -2.31. The molecule has 2 aromatic heterocycles. The summed E-state index contributed by atoms with van der Waals surface area (Å²) in [6.45, 7) is 8.31. The number of hydrogen-bond donors (Lipinski definition) is 0. The first-order valence-electron chi connectivity index (χ1n) is 8.35. The molecule has 1 aliphatic heterocycles. The number of Topliss-reactive ketones (excluding diaryl/α,β-unsaturated/α-hetero) is 1. The average Bonchev–Trinajstić information content (AvgIpc) is 2.94. The summed E-state index contributed by atoms with van der Waals surface area (Å²) in [4.78, 5) is 15.5. The second-order valence-electron chi connectivity index (χ2n) is 6.58. The lowest BCUT2D eigenvalue weighted by Crippen LogP contribution is -2.42. The van der Waals surface area contributed by atoms with Gasteiger partial charge in [0.15, 0.2) is 5.78 Å². The molecule has 0 saturated carbocycles. The fraction of sp³-hybridized carbons (Fsp3) is 0.556. The highest BCUT2D eigenvalue weighted by Crippen LogP contribution is 2.26. The zero-order chi connectivity index (χ0) is 15.7. The van der Waals surface area contributed by atoms with Crippen LogP contribution in [0.25, 0.3) is 5.52 Å². The van der Waals surface area contributed by atoms with Gasteiger partial charge in [-0.25, -0.2) is 4.52 Å². The zero-order valence-corrected chi connectivity index (χ0v) is 15.0. The first-order chi connectivity index (χ1) is 10.6. The molecule has 5 heteroatoms. The molecular weight excluding hydrogens is 310 g/mol. The van der Waals surface area contributed by atoms with Gasteiger partial charge < -0.3 is 0 Å². The molecule has 0 amide bonds. The Morgan fingerprint density at radius 1 is 1.13 bits per heavy atom. The third kappa shape index (κ3) is 3.43. The van der Waals surface area contributed by atoms with Crippen LogP contribution < -0.4 is 0 Å². The van der Waals surface area contributed by atoms with Gasteiger partial charge >= 0.3 is 0 Å². The van der Waals surface area contributed by atoms with Crippen LogP contribution in [0.15, 0.2) is 24.4 Å². The molecule has 3 rings (SSSR count). The first-order valence-corrected chi connectivity index (χ1v) is 8.35. The third-order valence-electron chi connectivity index (χ3n) is 4.68. The zero-order valence-electron chi connectivity index (χ0n) is 14.2. The van der Waals surface area contributed by atoms with E-state index in [4.69, 9.17) is 0 Å². The molecule has 1 aliphatic rings. The Hall–Kier alpha value is -1.39. The van der Waals surface area contributed by atoms with E-state index < -0.39 is 0 Å². The van der Waals surface area contributed by atoms with Crippen molar-refractivity contribution in [3.8, 4) is 0 Å². The maximum Gasteiger partial charge on any atom is 0.183 e. The molecule has 0 aromatic carbocycles. The van der Waals surface area contributed by atoms with E-state index in [9.17, 15) is 4.79 Å². The predicted octanol–water partition coefficient (Wildman–Crippen LogP) is 3.94. The minimum absolute atomic E-state index is 0. The van der Waals surface area contributed by atoms with Crippen LogP contribution in [0.2, 0.25) is 0 Å². The van der Waals surface area contributed by atoms with Crippen molar-refractivity contribution in [1.82, 2.24) is 14.5 Å². The number of likely N-dealkylation sites (tertiary alicyclic amines) is 1. The average molecular weight is 336 g/mol. The van der Waals surface area contributed by atoms with E-state index >= 15 is 0 Å². The Balaban J connectivity index is 0.00000192. The molecule has 126 valence electrons. The molecule has 0 N–H and O–H groups in total. The van der Waals surface area contributed by atoms with Gasteiger partial charge in [-0.2, -0.15) is 5.10 Å². The van der Waals surface area contributed by atoms with Crippen LogP contribution in [0.5, 0.6) is 0 Å². The van der Waals surface area contributed by atoms with Gasteiger partial charge in [-0.3, -0.25) is 9.69 Å². The Morgan fingerprint density at radius 2 is 1.83 bits per heavy atom. The number of ketones is 1. The number of carbonyl (C=O) groups is 1. The number of piperidine rings is 1. The van der Waals surface area contributed by atoms with Crippen LogP contribution in [-0.4, -0.2) is 39.4 Å². The molecule has 23 heavy (non-hydrogen) atoms. The van der Waals surface area contributed by atoms with Crippen LogP contribution in [-0.2, 0) is 0 Å². The van der Waals surface area contributed by atoms with Gasteiger partial charge in [0.05, 0.1) is 22.8 Å². The van der Waals surface area contributed by atoms with Crippen LogP contribution in [0.1, 0.15) is 62.0 Å². The Kier molecular flexibility index (Phi) is 5.82. The van der Waals surface area contributed by atoms with Crippen LogP contribution in [0, 0.1) is 0 Å². The number of fused-ring (bicyclic) bond motifs is 1. The van der Waals surface area contributed by atoms with Crippen molar-refractivity contribution in [2.45, 2.75) is 52.0 Å². The highest BCUT2D eigenvalue weighted by atomic mass is 35.5. The number of rotatable bonds is 4. The molecule has 1 atom stereocenters. The Labute approximate surface area is 144 Å². The fourth-order valence-electron chi connectivity index (χ4n) is 3.35. The number of halogens is 1. The maximum atomic E-state index is 13.1. The lowest BCUT2D eigenvalue weighted by atomic mass is 9.96. The smallest absolute Gasteiger partial charge is 0.183 e. The quantitative estimate of drug-likeness (QED) is 0.794. The van der Waals surface area contributed by atoms with Gasteiger partial charge in [-0.1, -0.05) is 26.3 Å². The Morgan fingerprint density at radius 3 is 2.48 bits per heavy atom. The summed E-state index contributed by atoms with van der Waals surface area (Å²) < 4.78 is 1.84. The van der Waals surface area contributed by atoms with Gasteiger partial charge in [-0.05, 0) is 50.9 Å². The van der Waals surface area contributed by atoms with Crippen molar-refractivity contribution >= 4 is 23.7 Å². The standard InChI is InChI=1S/C18H25N3O.ClH/c1-13(2)17-16(15-9-5-8-12-21(15)19-17)18(22)14(3)20-10-6-4-7-11-20;/h5,8-9,12-14H,4,6-7,10-11H2,1-3H3;1H. The van der Waals surface area contributed by atoms with Gasteiger partial charge in [0.1, 0.15) is 0 Å². The molecular formula is C18H26ClN3O. The number of carbonyl (C=O) groups excluding carboxylic acids is 1. The summed E-state index contributed by atoms with van der Waals surface area (Å²) in [5.41, 5.74) is 2.66. The molecule has 1 fully saturated rings. The molecule has 0 radical (unpaired) electrons. The molecule has 0 spiro atoms. The summed E-state index contributed by atoms with van der Waals surface area (Å²) >= 11 is 0. The fourth-order valence-corrected chi connectivity index (χ4v) is 3.35. The van der Waals surface area contributed by atoms with Crippen molar-refractivity contribution in [3.05, 3.63) is 35.7 Å². The van der Waals surface area contributed by atoms with E-state index in [1.165, 1.54) is 19.3 Å². The first kappa shape index (κ1) is 18.0. The predicted molar refractivity (Wildman–Crippen MR) is 95.7 cm³/mol. The molecule has 0 bridgehead atoms. The third-order valence-corrected chi connectivity index (χ3v) is 4.68. The van der Waals surface area contributed by atoms with E-state index in [1.54, 1.807) is 0 Å². The summed E-state index contributed by atoms with van der Waals surface area (Å²) in [5.74, 6) is 0.458. The van der Waals surface area contributed by atoms with E-state index in [2.05, 4.69) is 23.8 Å². The number of hydrogen-bond acceptors (Lipinski definition) is 3. The van der Waals surface area contributed by atoms with Gasteiger partial charge in [0, 0.05) is 6.20 Å². The Bertz CT molecular complexity index is 674. The van der Waals surface area contributed by atoms with Crippen LogP contribution >= 0.6 is 12.4 Å². The monoisotopic (exact) mass is 335 g/mol. The number of pyridine rings is 1. The van der Waals surface area contributed by atoms with E-state index in [1.807, 2.05) is 35.8 Å². The SMILES string of the molecule is CC(C)c1nn2ccccc2c1C(=O)C(C)N1CCCCC1.Cl. The molecule has 4 nitrogen and oxygen atoms in total. The number of nitrogens with zero attached hydrogens (tertiary/aromatic N) is 3. The second kappa shape index (κ2) is 7.45. The van der Waals surface area contributed by atoms with E-state index in [0.717, 1.165) is 29.9 Å². The molecule has 0 aliphatic carbocycles. The van der Waals surface area contributed by atoms with Gasteiger partial charge in [0.25, 0.3) is 0 Å². The highest BCUT2D eigenvalue weighted by molar-refractivity contribution is 6.06. The van der Waals surface area contributed by atoms with Crippen molar-refractivity contribution in [2.75, 3.05) is 13.1 Å². The number of aromatic nitrogens is 2. The van der Waals surface area contributed by atoms with Crippen molar-refractivity contribution in [3.63, 3.8) is 0 Å². The second-order valence-corrected chi connectivity index (χ2v) is 6.58. The molecule has 3 heterocycles. The largest absolute Gasteiger partial charge is 0.294 e. The highest BCUT2D eigenvalue weighted by Gasteiger charge is 2.29. The van der Waals surface area contributed by atoms with Gasteiger partial charge in [0.2, 0.25) is 0 Å². The van der Waals surface area contributed by atoms with Crippen molar-refractivity contribution in [1.29, 1.82) is 0 Å². The van der Waals surface area contributed by atoms with Crippen molar-refractivity contribution in [2.24, 2.45) is 0 Å². The summed E-state index contributed by atoms with van der Waals surface area (Å²) in [6, 6.07) is 5.86. The minimum atomic E-state index is -0.0639. The van der Waals surface area contributed by atoms with E-state index in [0.29, 0.717) is 0 Å².